The van der Waals surface area contributed by atoms with E-state index in [9.17, 15) is 13.6 Å². The first-order valence-corrected chi connectivity index (χ1v) is 6.17. The van der Waals surface area contributed by atoms with Crippen LogP contribution in [0.4, 0.5) is 8.78 Å². The minimum atomic E-state index is -2.94. The summed E-state index contributed by atoms with van der Waals surface area (Å²) in [6, 6.07) is 5.74. The fraction of sp³-hybridized carbons (Fsp3) is 0.286. The van der Waals surface area contributed by atoms with E-state index in [4.69, 9.17) is 9.52 Å². The van der Waals surface area contributed by atoms with Crippen molar-refractivity contribution in [3.63, 3.8) is 0 Å². The van der Waals surface area contributed by atoms with Crippen molar-refractivity contribution in [2.24, 2.45) is 0 Å². The van der Waals surface area contributed by atoms with Crippen LogP contribution in [0.5, 0.6) is 5.75 Å². The minimum absolute atomic E-state index is 0.0517. The number of hydrogen-bond donors (Lipinski definition) is 1. The van der Waals surface area contributed by atoms with Crippen molar-refractivity contribution in [1.29, 1.82) is 0 Å². The number of rotatable bonds is 5. The predicted octanol–water partition coefficient (Wildman–Crippen LogP) is 3.76. The molecule has 1 N–H and O–H groups in total. The van der Waals surface area contributed by atoms with E-state index in [2.05, 4.69) is 9.72 Å². The van der Waals surface area contributed by atoms with E-state index in [0.717, 1.165) is 0 Å². The molecule has 0 fully saturated rings. The van der Waals surface area contributed by atoms with E-state index in [-0.39, 0.29) is 23.3 Å². The van der Waals surface area contributed by atoms with Gasteiger partial charge < -0.3 is 14.3 Å². The predicted molar refractivity (Wildman–Crippen MR) is 69.6 cm³/mol. The number of alkyl halides is 2. The number of aromatic nitrogens is 1. The van der Waals surface area contributed by atoms with Gasteiger partial charge in [-0.25, -0.2) is 9.78 Å². The van der Waals surface area contributed by atoms with Gasteiger partial charge in [0.25, 0.3) is 0 Å². The zero-order chi connectivity index (χ0) is 15.6. The van der Waals surface area contributed by atoms with Crippen LogP contribution in [0.15, 0.2) is 28.7 Å². The van der Waals surface area contributed by atoms with Crippen LogP contribution >= 0.6 is 0 Å². The quantitative estimate of drug-likeness (QED) is 0.909. The summed E-state index contributed by atoms with van der Waals surface area (Å²) in [7, 11) is 0. The molecule has 0 bridgehead atoms. The van der Waals surface area contributed by atoms with Crippen LogP contribution in [0, 0.1) is 0 Å². The fourth-order valence-electron chi connectivity index (χ4n) is 1.81. The molecule has 1 aromatic heterocycles. The summed E-state index contributed by atoms with van der Waals surface area (Å²) in [5, 5.41) is 9.09. The summed E-state index contributed by atoms with van der Waals surface area (Å²) in [5.74, 6) is -1.62. The number of halogens is 2. The van der Waals surface area contributed by atoms with Crippen LogP contribution in [0.1, 0.15) is 36.0 Å². The van der Waals surface area contributed by atoms with E-state index < -0.39 is 12.6 Å². The van der Waals surface area contributed by atoms with Gasteiger partial charge in [0.1, 0.15) is 5.75 Å². The number of hydrogen-bond acceptors (Lipinski definition) is 4. The Labute approximate surface area is 119 Å². The summed E-state index contributed by atoms with van der Waals surface area (Å²) in [6.45, 7) is 0.625. The van der Waals surface area contributed by atoms with Gasteiger partial charge in [0, 0.05) is 5.56 Å². The fourth-order valence-corrected chi connectivity index (χ4v) is 1.81. The number of benzene rings is 1. The molecule has 21 heavy (non-hydrogen) atoms. The standard InChI is InChI=1S/C14H13F2NO4/c1-7(2)10-11(13(18)19)21-12(17-10)8-4-3-5-9(6-8)20-14(15)16/h3-7,14H,1-2H3,(H,18,19). The number of carboxylic acid groups (broad SMARTS) is 1. The largest absolute Gasteiger partial charge is 0.475 e. The van der Waals surface area contributed by atoms with E-state index in [1.165, 1.54) is 18.2 Å². The molecular weight excluding hydrogens is 284 g/mol. The van der Waals surface area contributed by atoms with Crippen molar-refractivity contribution in [2.75, 3.05) is 0 Å². The second kappa shape index (κ2) is 5.90. The van der Waals surface area contributed by atoms with Gasteiger partial charge >= 0.3 is 12.6 Å². The Morgan fingerprint density at radius 1 is 1.38 bits per heavy atom. The van der Waals surface area contributed by atoms with Gasteiger partial charge in [-0.15, -0.1) is 0 Å². The molecule has 0 saturated heterocycles. The van der Waals surface area contributed by atoms with Crippen LogP contribution < -0.4 is 4.74 Å². The molecule has 0 amide bonds. The molecular formula is C14H13F2NO4. The number of ether oxygens (including phenoxy) is 1. The number of aromatic carboxylic acids is 1. The molecule has 5 nitrogen and oxygen atoms in total. The van der Waals surface area contributed by atoms with Crippen molar-refractivity contribution < 1.29 is 27.8 Å². The third kappa shape index (κ3) is 3.36. The molecule has 0 atom stereocenters. The van der Waals surface area contributed by atoms with Crippen molar-refractivity contribution in [2.45, 2.75) is 26.4 Å². The van der Waals surface area contributed by atoms with Crippen molar-refractivity contribution in [3.8, 4) is 17.2 Å². The molecule has 0 spiro atoms. The average Bonchev–Trinajstić information content (AvgIpc) is 2.83. The Bertz CT molecular complexity index is 652. The molecule has 1 heterocycles. The highest BCUT2D eigenvalue weighted by atomic mass is 19.3. The summed E-state index contributed by atoms with van der Waals surface area (Å²) < 4.78 is 33.9. The minimum Gasteiger partial charge on any atom is -0.475 e. The van der Waals surface area contributed by atoms with Gasteiger partial charge in [0.15, 0.2) is 0 Å². The average molecular weight is 297 g/mol. The summed E-state index contributed by atoms with van der Waals surface area (Å²) in [4.78, 5) is 15.3. The molecule has 0 aliphatic rings. The zero-order valence-electron chi connectivity index (χ0n) is 11.3. The lowest BCUT2D eigenvalue weighted by Gasteiger charge is -2.04. The normalized spacial score (nSPS) is 11.1. The highest BCUT2D eigenvalue weighted by molar-refractivity contribution is 5.86. The number of carboxylic acids is 1. The Morgan fingerprint density at radius 2 is 2.10 bits per heavy atom. The molecule has 0 unspecified atom stereocenters. The molecule has 0 saturated carbocycles. The van der Waals surface area contributed by atoms with Crippen LogP contribution in [0.2, 0.25) is 0 Å². The maximum Gasteiger partial charge on any atom is 0.387 e. The highest BCUT2D eigenvalue weighted by Crippen LogP contribution is 2.29. The van der Waals surface area contributed by atoms with Crippen LogP contribution in [-0.4, -0.2) is 22.7 Å². The Hall–Kier alpha value is -2.44. The third-order valence-corrected chi connectivity index (χ3v) is 2.70. The maximum atomic E-state index is 12.2. The third-order valence-electron chi connectivity index (χ3n) is 2.70. The molecule has 0 radical (unpaired) electrons. The SMILES string of the molecule is CC(C)c1nc(-c2cccc(OC(F)F)c2)oc1C(=O)O. The van der Waals surface area contributed by atoms with E-state index in [1.807, 2.05) is 0 Å². The first kappa shape index (κ1) is 15.0. The zero-order valence-corrected chi connectivity index (χ0v) is 11.3. The monoisotopic (exact) mass is 297 g/mol. The van der Waals surface area contributed by atoms with E-state index >= 15 is 0 Å². The Morgan fingerprint density at radius 3 is 2.62 bits per heavy atom. The molecule has 7 heteroatoms. The van der Waals surface area contributed by atoms with Crippen molar-refractivity contribution >= 4 is 5.97 Å². The first-order chi connectivity index (χ1) is 9.88. The topological polar surface area (TPSA) is 72.6 Å². The molecule has 2 rings (SSSR count). The summed E-state index contributed by atoms with van der Waals surface area (Å²) >= 11 is 0. The Kier molecular flexibility index (Phi) is 4.21. The molecule has 0 aliphatic carbocycles. The second-order valence-electron chi connectivity index (χ2n) is 4.60. The highest BCUT2D eigenvalue weighted by Gasteiger charge is 2.22. The first-order valence-electron chi connectivity index (χ1n) is 6.17. The molecule has 1 aromatic carbocycles. The molecule has 0 aliphatic heterocycles. The lowest BCUT2D eigenvalue weighted by atomic mass is 10.1. The lowest BCUT2D eigenvalue weighted by molar-refractivity contribution is -0.0498. The van der Waals surface area contributed by atoms with Gasteiger partial charge in [0.05, 0.1) is 5.69 Å². The van der Waals surface area contributed by atoms with Gasteiger partial charge in [-0.3, -0.25) is 0 Å². The summed E-state index contributed by atoms with van der Waals surface area (Å²) in [6.07, 6.45) is 0. The van der Waals surface area contributed by atoms with Crippen molar-refractivity contribution in [3.05, 3.63) is 35.7 Å². The lowest BCUT2D eigenvalue weighted by Crippen LogP contribution is -2.01. The van der Waals surface area contributed by atoms with Crippen LogP contribution in [-0.2, 0) is 0 Å². The van der Waals surface area contributed by atoms with Gasteiger partial charge in [-0.1, -0.05) is 19.9 Å². The van der Waals surface area contributed by atoms with Crippen molar-refractivity contribution in [1.82, 2.24) is 4.98 Å². The smallest absolute Gasteiger partial charge is 0.387 e. The van der Waals surface area contributed by atoms with Gasteiger partial charge in [0.2, 0.25) is 11.7 Å². The van der Waals surface area contributed by atoms with E-state index in [0.29, 0.717) is 11.3 Å². The maximum absolute atomic E-state index is 12.2. The van der Waals surface area contributed by atoms with Crippen LogP contribution in [0.3, 0.4) is 0 Å². The Balaban J connectivity index is 2.42. The number of oxazole rings is 1. The molecule has 2 aromatic rings. The number of nitrogens with zero attached hydrogens (tertiary/aromatic N) is 1. The second-order valence-corrected chi connectivity index (χ2v) is 4.60. The summed E-state index contributed by atoms with van der Waals surface area (Å²) in [5.41, 5.74) is 0.667. The van der Waals surface area contributed by atoms with Gasteiger partial charge in [-0.05, 0) is 24.1 Å². The number of carbonyl (C=O) groups is 1. The van der Waals surface area contributed by atoms with Crippen LogP contribution in [0.25, 0.3) is 11.5 Å². The molecule has 112 valence electrons. The van der Waals surface area contributed by atoms with E-state index in [1.54, 1.807) is 19.9 Å². The van der Waals surface area contributed by atoms with Gasteiger partial charge in [-0.2, -0.15) is 8.78 Å².